The molecule has 0 saturated heterocycles. The fourth-order valence-electron chi connectivity index (χ4n) is 2.30. The minimum Gasteiger partial charge on any atom is -0.477 e. The number of nitrogens with one attached hydrogen (secondary N) is 1. The summed E-state index contributed by atoms with van der Waals surface area (Å²) >= 11 is 1.15. The van der Waals surface area contributed by atoms with E-state index >= 15 is 0 Å². The molecule has 116 valence electrons. The second-order valence-electron chi connectivity index (χ2n) is 5.31. The van der Waals surface area contributed by atoms with Gasteiger partial charge in [-0.05, 0) is 31.0 Å². The van der Waals surface area contributed by atoms with Crippen LogP contribution in [0.1, 0.15) is 20.8 Å². The maximum atomic E-state index is 11.5. The van der Waals surface area contributed by atoms with E-state index in [1.807, 2.05) is 62.4 Å². The van der Waals surface area contributed by atoms with Crippen LogP contribution < -0.4 is 5.32 Å². The van der Waals surface area contributed by atoms with Crippen LogP contribution in [0.4, 0.5) is 10.8 Å². The number of aryl methyl sites for hydroxylation is 2. The van der Waals surface area contributed by atoms with Crippen LogP contribution in [0.15, 0.2) is 48.5 Å². The average molecular weight is 324 g/mol. The highest BCUT2D eigenvalue weighted by atomic mass is 32.1. The van der Waals surface area contributed by atoms with Crippen molar-refractivity contribution in [3.05, 3.63) is 64.5 Å². The topological polar surface area (TPSA) is 62.2 Å². The molecule has 2 N–H and O–H groups in total. The summed E-state index contributed by atoms with van der Waals surface area (Å²) in [5.74, 6) is -0.963. The summed E-state index contributed by atoms with van der Waals surface area (Å²) in [5.41, 5.74) is 4.46. The first-order chi connectivity index (χ1) is 11.0. The van der Waals surface area contributed by atoms with Gasteiger partial charge in [-0.2, -0.15) is 0 Å². The van der Waals surface area contributed by atoms with E-state index in [1.54, 1.807) is 0 Å². The predicted octanol–water partition coefficient (Wildman–Crippen LogP) is 4.87. The van der Waals surface area contributed by atoms with Crippen molar-refractivity contribution in [3.8, 4) is 11.3 Å². The fraction of sp³-hybridized carbons (Fsp3) is 0.111. The van der Waals surface area contributed by atoms with E-state index in [2.05, 4.69) is 10.3 Å². The molecule has 0 fully saturated rings. The normalized spacial score (nSPS) is 10.5. The van der Waals surface area contributed by atoms with Gasteiger partial charge in [0.15, 0.2) is 5.13 Å². The molecule has 3 aromatic rings. The Bertz CT molecular complexity index is 857. The van der Waals surface area contributed by atoms with Crippen molar-refractivity contribution in [2.24, 2.45) is 0 Å². The molecule has 4 nitrogen and oxygen atoms in total. The molecule has 0 atom stereocenters. The number of aromatic carboxylic acids is 1. The van der Waals surface area contributed by atoms with Crippen molar-refractivity contribution in [1.29, 1.82) is 0 Å². The van der Waals surface area contributed by atoms with Crippen molar-refractivity contribution >= 4 is 28.1 Å². The second kappa shape index (κ2) is 6.22. The van der Waals surface area contributed by atoms with Gasteiger partial charge in [0.2, 0.25) is 0 Å². The Hall–Kier alpha value is -2.66. The maximum Gasteiger partial charge on any atom is 0.348 e. The highest BCUT2D eigenvalue weighted by Crippen LogP contribution is 2.33. The lowest BCUT2D eigenvalue weighted by Crippen LogP contribution is -1.95. The van der Waals surface area contributed by atoms with E-state index in [0.29, 0.717) is 10.8 Å². The Morgan fingerprint density at radius 3 is 2.57 bits per heavy atom. The third-order valence-corrected chi connectivity index (χ3v) is 4.46. The summed E-state index contributed by atoms with van der Waals surface area (Å²) in [6.45, 7) is 4.02. The van der Waals surface area contributed by atoms with Gasteiger partial charge in [-0.25, -0.2) is 9.78 Å². The van der Waals surface area contributed by atoms with E-state index in [0.717, 1.165) is 33.7 Å². The Morgan fingerprint density at radius 1 is 1.13 bits per heavy atom. The molecule has 0 unspecified atom stereocenters. The first kappa shape index (κ1) is 15.2. The van der Waals surface area contributed by atoms with Crippen LogP contribution in [-0.2, 0) is 0 Å². The fourth-order valence-corrected chi connectivity index (χ4v) is 3.13. The summed E-state index contributed by atoms with van der Waals surface area (Å²) in [6.07, 6.45) is 0. The number of hydrogen-bond acceptors (Lipinski definition) is 4. The van der Waals surface area contributed by atoms with Gasteiger partial charge in [0.05, 0.1) is 5.69 Å². The predicted molar refractivity (Wildman–Crippen MR) is 93.7 cm³/mol. The third-order valence-electron chi connectivity index (χ3n) is 3.50. The number of anilines is 2. The first-order valence-corrected chi connectivity index (χ1v) is 8.00. The number of benzene rings is 2. The smallest absolute Gasteiger partial charge is 0.348 e. The van der Waals surface area contributed by atoms with Gasteiger partial charge < -0.3 is 10.4 Å². The van der Waals surface area contributed by atoms with Crippen LogP contribution in [0.25, 0.3) is 11.3 Å². The largest absolute Gasteiger partial charge is 0.477 e. The highest BCUT2D eigenvalue weighted by Gasteiger charge is 2.19. The quantitative estimate of drug-likeness (QED) is 0.719. The van der Waals surface area contributed by atoms with E-state index in [9.17, 15) is 9.90 Å². The van der Waals surface area contributed by atoms with Crippen LogP contribution in [0, 0.1) is 13.8 Å². The van der Waals surface area contributed by atoms with Crippen LogP contribution >= 0.6 is 11.3 Å². The van der Waals surface area contributed by atoms with E-state index in [-0.39, 0.29) is 4.88 Å². The van der Waals surface area contributed by atoms with Gasteiger partial charge in [-0.1, -0.05) is 53.8 Å². The van der Waals surface area contributed by atoms with E-state index in [4.69, 9.17) is 0 Å². The number of thiazole rings is 1. The lowest BCUT2D eigenvalue weighted by atomic mass is 10.1. The van der Waals surface area contributed by atoms with Crippen molar-refractivity contribution in [2.45, 2.75) is 13.8 Å². The molecule has 0 amide bonds. The van der Waals surface area contributed by atoms with Gasteiger partial charge in [0.1, 0.15) is 4.88 Å². The Balaban J connectivity index is 2.01. The summed E-state index contributed by atoms with van der Waals surface area (Å²) < 4.78 is 0. The number of rotatable bonds is 4. The SMILES string of the molecule is Cc1ccc(C)c(Nc2nc(-c3ccccc3)c(C(=O)O)s2)c1. The Morgan fingerprint density at radius 2 is 1.87 bits per heavy atom. The van der Waals surface area contributed by atoms with Crippen molar-refractivity contribution in [2.75, 3.05) is 5.32 Å². The van der Waals surface area contributed by atoms with Gasteiger partial charge in [-0.15, -0.1) is 0 Å². The minimum atomic E-state index is -0.963. The molecule has 0 aliphatic rings. The van der Waals surface area contributed by atoms with Crippen LogP contribution in [-0.4, -0.2) is 16.1 Å². The zero-order chi connectivity index (χ0) is 16.4. The van der Waals surface area contributed by atoms with Crippen molar-refractivity contribution < 1.29 is 9.90 Å². The molecular formula is C18H16N2O2S. The summed E-state index contributed by atoms with van der Waals surface area (Å²) in [7, 11) is 0. The van der Waals surface area contributed by atoms with Crippen molar-refractivity contribution in [1.82, 2.24) is 4.98 Å². The molecule has 1 aromatic heterocycles. The zero-order valence-corrected chi connectivity index (χ0v) is 13.6. The van der Waals surface area contributed by atoms with Gasteiger partial charge in [0.25, 0.3) is 0 Å². The number of carbonyl (C=O) groups is 1. The number of hydrogen-bond donors (Lipinski definition) is 2. The summed E-state index contributed by atoms with van der Waals surface area (Å²) in [4.78, 5) is 16.3. The highest BCUT2D eigenvalue weighted by molar-refractivity contribution is 7.18. The Kier molecular flexibility index (Phi) is 4.12. The van der Waals surface area contributed by atoms with Gasteiger partial charge >= 0.3 is 5.97 Å². The van der Waals surface area contributed by atoms with Crippen LogP contribution in [0.5, 0.6) is 0 Å². The van der Waals surface area contributed by atoms with E-state index in [1.165, 1.54) is 0 Å². The molecule has 0 bridgehead atoms. The van der Waals surface area contributed by atoms with E-state index < -0.39 is 5.97 Å². The zero-order valence-electron chi connectivity index (χ0n) is 12.8. The van der Waals surface area contributed by atoms with Crippen LogP contribution in [0.2, 0.25) is 0 Å². The minimum absolute atomic E-state index is 0.240. The summed E-state index contributed by atoms with van der Waals surface area (Å²) in [5, 5.41) is 13.3. The monoisotopic (exact) mass is 324 g/mol. The lowest BCUT2D eigenvalue weighted by Gasteiger charge is -2.07. The summed E-state index contributed by atoms with van der Waals surface area (Å²) in [6, 6.07) is 15.5. The molecule has 2 aromatic carbocycles. The molecule has 5 heteroatoms. The van der Waals surface area contributed by atoms with Gasteiger partial charge in [-0.3, -0.25) is 0 Å². The third kappa shape index (κ3) is 3.24. The molecule has 23 heavy (non-hydrogen) atoms. The molecule has 0 saturated carbocycles. The number of aromatic nitrogens is 1. The molecule has 0 radical (unpaired) electrons. The molecule has 0 aliphatic heterocycles. The molecule has 1 heterocycles. The average Bonchev–Trinajstić information content (AvgIpc) is 2.96. The molecular weight excluding hydrogens is 308 g/mol. The standard InChI is InChI=1S/C18H16N2O2S/c1-11-8-9-12(2)14(10-11)19-18-20-15(16(23-18)17(21)22)13-6-4-3-5-7-13/h3-10H,1-2H3,(H,19,20)(H,21,22). The first-order valence-electron chi connectivity index (χ1n) is 7.18. The number of nitrogens with zero attached hydrogens (tertiary/aromatic N) is 1. The molecule has 0 aliphatic carbocycles. The maximum absolute atomic E-state index is 11.5. The number of carboxylic acid groups (broad SMARTS) is 1. The van der Waals surface area contributed by atoms with Gasteiger partial charge in [0, 0.05) is 11.3 Å². The van der Waals surface area contributed by atoms with Crippen LogP contribution in [0.3, 0.4) is 0 Å². The second-order valence-corrected chi connectivity index (χ2v) is 6.31. The van der Waals surface area contributed by atoms with Crippen molar-refractivity contribution in [3.63, 3.8) is 0 Å². The number of carboxylic acids is 1. The lowest BCUT2D eigenvalue weighted by molar-refractivity contribution is 0.0702. The molecule has 3 rings (SSSR count). The molecule has 0 spiro atoms. The Labute approximate surface area is 138 Å².